The van der Waals surface area contributed by atoms with Crippen molar-refractivity contribution in [2.45, 2.75) is 226 Å². The molecule has 0 fully saturated rings. The van der Waals surface area contributed by atoms with Crippen molar-refractivity contribution in [3.05, 3.63) is 24.3 Å². The van der Waals surface area contributed by atoms with E-state index in [-0.39, 0.29) is 42.5 Å². The van der Waals surface area contributed by atoms with E-state index in [4.69, 9.17) is 9.47 Å². The Bertz CT molecular complexity index is 852. The summed E-state index contributed by atoms with van der Waals surface area (Å²) in [5, 5.41) is 0. The van der Waals surface area contributed by atoms with Gasteiger partial charge in [-0.25, -0.2) is 0 Å². The highest BCUT2D eigenvalue weighted by Crippen LogP contribution is 2.21. The molecular formula is C46H88ClNO4. The van der Waals surface area contributed by atoms with Crippen LogP contribution >= 0.6 is 0 Å². The Kier molecular flexibility index (Phi) is 38.5. The highest BCUT2D eigenvalue weighted by molar-refractivity contribution is 5.69. The number of nitrogens with zero attached hydrogens (tertiary/aromatic N) is 1. The van der Waals surface area contributed by atoms with Crippen LogP contribution in [-0.4, -0.2) is 56.3 Å². The zero-order valence-corrected chi connectivity index (χ0v) is 36.5. The maximum absolute atomic E-state index is 12.7. The van der Waals surface area contributed by atoms with Gasteiger partial charge in [-0.2, -0.15) is 0 Å². The van der Waals surface area contributed by atoms with E-state index < -0.39 is 0 Å². The molecule has 0 aromatic carbocycles. The molecule has 0 aliphatic rings. The third-order valence-corrected chi connectivity index (χ3v) is 10.0. The number of halogens is 1. The monoisotopic (exact) mass is 754 g/mol. The molecular weight excluding hydrogens is 666 g/mol. The first-order valence-electron chi connectivity index (χ1n) is 22.1. The van der Waals surface area contributed by atoms with Gasteiger partial charge in [-0.3, -0.25) is 9.59 Å². The average molecular weight is 755 g/mol. The number of rotatable bonds is 37. The number of unbranched alkanes of at least 4 members (excludes halogenated alkanes) is 22. The van der Waals surface area contributed by atoms with Gasteiger partial charge in [-0.05, 0) is 84.5 Å². The van der Waals surface area contributed by atoms with Gasteiger partial charge in [-0.15, -0.1) is 0 Å². The Hall–Kier alpha value is -1.33. The number of hydrogen-bond acceptors (Lipinski definition) is 4. The van der Waals surface area contributed by atoms with E-state index in [1.807, 2.05) is 13.8 Å². The van der Waals surface area contributed by atoms with Crippen molar-refractivity contribution in [3.8, 4) is 0 Å². The van der Waals surface area contributed by atoms with E-state index in [0.29, 0.717) is 19.3 Å². The maximum atomic E-state index is 12.7. The normalized spacial score (nSPS) is 13.7. The zero-order valence-electron chi connectivity index (χ0n) is 35.7. The second-order valence-electron chi connectivity index (χ2n) is 16.6. The second kappa shape index (κ2) is 38.0. The lowest BCUT2D eigenvalue weighted by atomic mass is 9.95. The smallest absolute Gasteiger partial charge is 0.306 e. The highest BCUT2D eigenvalue weighted by atomic mass is 35.5. The van der Waals surface area contributed by atoms with Crippen molar-refractivity contribution in [1.82, 2.24) is 0 Å². The Balaban J connectivity index is 0. The SMILES string of the molecule is CCCCCCCCC=CCCCCCCCC(=O)OC(C)CC(C[N+](C)(C)C)C(C)OC(=O)CCCCCCCC=CCCCCCCCC.[Cl-]. The van der Waals surface area contributed by atoms with E-state index in [9.17, 15) is 9.59 Å². The number of carbonyl (C=O) groups is 2. The zero-order chi connectivity index (χ0) is 37.8. The van der Waals surface area contributed by atoms with E-state index in [1.165, 1.54) is 141 Å². The Morgan fingerprint density at radius 1 is 0.500 bits per heavy atom. The fourth-order valence-corrected chi connectivity index (χ4v) is 6.92. The van der Waals surface area contributed by atoms with E-state index >= 15 is 0 Å². The molecule has 0 aromatic heterocycles. The van der Waals surface area contributed by atoms with Gasteiger partial charge >= 0.3 is 11.9 Å². The standard InChI is InChI=1S/C46H88NO4.ClH/c1-8-10-12-14-16-18-20-22-24-26-28-30-32-34-36-38-45(48)50-42(3)40-44(41-47(5,6)7)43(4)51-46(49)39-37-35-33-31-29-27-25-23-21-19-17-15-13-11-9-2;/h22-25,42-44H,8-21,26-41H2,1-7H3;1H/q+1;/p-1. The van der Waals surface area contributed by atoms with Crippen LogP contribution in [0.5, 0.6) is 0 Å². The molecule has 0 radical (unpaired) electrons. The van der Waals surface area contributed by atoms with Gasteiger partial charge in [-0.1, -0.05) is 141 Å². The predicted octanol–water partition coefficient (Wildman–Crippen LogP) is 10.6. The minimum Gasteiger partial charge on any atom is -1.00 e. The first kappa shape index (κ1) is 52.8. The summed E-state index contributed by atoms with van der Waals surface area (Å²) in [6.45, 7) is 9.40. The minimum absolute atomic E-state index is 0. The number of allylic oxidation sites excluding steroid dienone is 4. The summed E-state index contributed by atoms with van der Waals surface area (Å²) in [7, 11) is 6.49. The third kappa shape index (κ3) is 38.4. The molecule has 0 saturated heterocycles. The molecule has 0 bridgehead atoms. The Morgan fingerprint density at radius 2 is 0.827 bits per heavy atom. The topological polar surface area (TPSA) is 52.6 Å². The van der Waals surface area contributed by atoms with Crippen LogP contribution in [0, 0.1) is 5.92 Å². The molecule has 308 valence electrons. The number of esters is 2. The maximum Gasteiger partial charge on any atom is 0.306 e. The van der Waals surface area contributed by atoms with Crippen molar-refractivity contribution in [1.29, 1.82) is 0 Å². The Labute approximate surface area is 330 Å². The molecule has 0 aromatic rings. The molecule has 0 N–H and O–H groups in total. The highest BCUT2D eigenvalue weighted by Gasteiger charge is 2.29. The molecule has 3 unspecified atom stereocenters. The number of ether oxygens (including phenoxy) is 2. The molecule has 0 heterocycles. The van der Waals surface area contributed by atoms with Crippen LogP contribution in [0.25, 0.3) is 0 Å². The summed E-state index contributed by atoms with van der Waals surface area (Å²) < 4.78 is 12.5. The van der Waals surface area contributed by atoms with Gasteiger partial charge in [0.25, 0.3) is 0 Å². The van der Waals surface area contributed by atoms with Crippen molar-refractivity contribution >= 4 is 11.9 Å². The predicted molar refractivity (Wildman–Crippen MR) is 221 cm³/mol. The molecule has 6 heteroatoms. The summed E-state index contributed by atoms with van der Waals surface area (Å²) in [5.41, 5.74) is 0. The lowest BCUT2D eigenvalue weighted by Gasteiger charge is -2.33. The van der Waals surface area contributed by atoms with Gasteiger partial charge in [0, 0.05) is 18.8 Å². The Morgan fingerprint density at radius 3 is 1.19 bits per heavy atom. The van der Waals surface area contributed by atoms with Gasteiger partial charge in [0.2, 0.25) is 0 Å². The second-order valence-corrected chi connectivity index (χ2v) is 16.6. The minimum atomic E-state index is -0.204. The van der Waals surface area contributed by atoms with Crippen LogP contribution < -0.4 is 12.4 Å². The van der Waals surface area contributed by atoms with Crippen LogP contribution in [0.15, 0.2) is 24.3 Å². The number of quaternary nitrogens is 1. The van der Waals surface area contributed by atoms with E-state index in [2.05, 4.69) is 59.3 Å². The first-order chi connectivity index (χ1) is 24.6. The van der Waals surface area contributed by atoms with Crippen molar-refractivity contribution in [2.24, 2.45) is 5.92 Å². The van der Waals surface area contributed by atoms with Gasteiger partial charge < -0.3 is 26.4 Å². The summed E-state index contributed by atoms with van der Waals surface area (Å²) in [6, 6.07) is 0. The van der Waals surface area contributed by atoms with Gasteiger partial charge in [0.15, 0.2) is 0 Å². The van der Waals surface area contributed by atoms with E-state index in [1.54, 1.807) is 0 Å². The van der Waals surface area contributed by atoms with Crippen LogP contribution in [-0.2, 0) is 19.1 Å². The molecule has 52 heavy (non-hydrogen) atoms. The van der Waals surface area contributed by atoms with Crippen molar-refractivity contribution in [2.75, 3.05) is 27.7 Å². The largest absolute Gasteiger partial charge is 1.00 e. The molecule has 3 atom stereocenters. The third-order valence-electron chi connectivity index (χ3n) is 10.0. The molecule has 0 saturated carbocycles. The fourth-order valence-electron chi connectivity index (χ4n) is 6.92. The molecule has 0 amide bonds. The summed E-state index contributed by atoms with van der Waals surface area (Å²) in [5.74, 6) is -0.0657. The average Bonchev–Trinajstić information content (AvgIpc) is 3.07. The number of carbonyl (C=O) groups excluding carboxylic acids is 2. The summed E-state index contributed by atoms with van der Waals surface area (Å²) >= 11 is 0. The lowest BCUT2D eigenvalue weighted by molar-refractivity contribution is -0.874. The molecule has 0 aliphatic heterocycles. The van der Waals surface area contributed by atoms with Crippen LogP contribution in [0.3, 0.4) is 0 Å². The quantitative estimate of drug-likeness (QED) is 0.0274. The molecule has 0 spiro atoms. The summed E-state index contributed by atoms with van der Waals surface area (Å²) in [6.07, 6.45) is 43.2. The van der Waals surface area contributed by atoms with Gasteiger partial charge in [0.1, 0.15) is 6.10 Å². The fraction of sp³-hybridized carbons (Fsp3) is 0.870. The molecule has 0 aliphatic carbocycles. The first-order valence-corrected chi connectivity index (χ1v) is 22.1. The van der Waals surface area contributed by atoms with Crippen molar-refractivity contribution in [3.63, 3.8) is 0 Å². The molecule has 0 rings (SSSR count). The van der Waals surface area contributed by atoms with Crippen LogP contribution in [0.2, 0.25) is 0 Å². The van der Waals surface area contributed by atoms with Gasteiger partial charge in [0.05, 0.1) is 33.8 Å². The van der Waals surface area contributed by atoms with E-state index in [0.717, 1.165) is 36.7 Å². The number of hydrogen-bond donors (Lipinski definition) is 0. The van der Waals surface area contributed by atoms with Crippen molar-refractivity contribution < 1.29 is 36.0 Å². The van der Waals surface area contributed by atoms with Crippen LogP contribution in [0.1, 0.15) is 214 Å². The lowest BCUT2D eigenvalue weighted by Crippen LogP contribution is -3.00. The summed E-state index contributed by atoms with van der Waals surface area (Å²) in [4.78, 5) is 25.3. The molecule has 5 nitrogen and oxygen atoms in total. The van der Waals surface area contributed by atoms with Crippen LogP contribution in [0.4, 0.5) is 0 Å².